The zero-order chi connectivity index (χ0) is 15.2. The van der Waals surface area contributed by atoms with E-state index in [1.165, 1.54) is 13.2 Å². The number of benzene rings is 1. The van der Waals surface area contributed by atoms with Gasteiger partial charge in [-0.05, 0) is 31.5 Å². The van der Waals surface area contributed by atoms with Gasteiger partial charge in [-0.1, -0.05) is 19.8 Å². The van der Waals surface area contributed by atoms with Crippen molar-refractivity contribution in [3.05, 3.63) is 23.8 Å². The number of ether oxygens (including phenoxy) is 1. The first-order valence-electron chi connectivity index (χ1n) is 6.84. The van der Waals surface area contributed by atoms with E-state index in [1.54, 1.807) is 12.1 Å². The van der Waals surface area contributed by atoms with Crippen LogP contribution in [-0.2, 0) is 16.6 Å². The van der Waals surface area contributed by atoms with Gasteiger partial charge in [0.15, 0.2) is 0 Å². The van der Waals surface area contributed by atoms with Crippen molar-refractivity contribution >= 4 is 10.0 Å². The van der Waals surface area contributed by atoms with Gasteiger partial charge in [0, 0.05) is 18.2 Å². The summed E-state index contributed by atoms with van der Waals surface area (Å²) in [5, 5.41) is 0. The van der Waals surface area contributed by atoms with Crippen LogP contribution in [0.25, 0.3) is 0 Å². The summed E-state index contributed by atoms with van der Waals surface area (Å²) in [5.74, 6) is 0.602. The van der Waals surface area contributed by atoms with Crippen molar-refractivity contribution in [2.75, 3.05) is 7.11 Å². The van der Waals surface area contributed by atoms with Gasteiger partial charge < -0.3 is 10.5 Å². The van der Waals surface area contributed by atoms with E-state index in [2.05, 4.69) is 11.6 Å². The lowest BCUT2D eigenvalue weighted by Gasteiger charge is -2.15. The van der Waals surface area contributed by atoms with Crippen molar-refractivity contribution < 1.29 is 13.2 Å². The van der Waals surface area contributed by atoms with Crippen LogP contribution in [0.15, 0.2) is 23.1 Å². The van der Waals surface area contributed by atoms with Crippen molar-refractivity contribution in [3.8, 4) is 5.75 Å². The highest BCUT2D eigenvalue weighted by atomic mass is 32.2. The van der Waals surface area contributed by atoms with Gasteiger partial charge in [-0.2, -0.15) is 0 Å². The standard InChI is InChI=1S/C14H24N2O3S/c1-4-5-6-11(2)16-20(17,18)13-7-8-14(19-3)12(9-13)10-15/h7-9,11,16H,4-6,10,15H2,1-3H3. The molecule has 1 atom stereocenters. The second-order valence-electron chi connectivity index (χ2n) is 4.84. The molecule has 0 aliphatic carbocycles. The smallest absolute Gasteiger partial charge is 0.240 e. The topological polar surface area (TPSA) is 81.4 Å². The lowest BCUT2D eigenvalue weighted by molar-refractivity contribution is 0.409. The number of unbranched alkanes of at least 4 members (excludes halogenated alkanes) is 1. The number of sulfonamides is 1. The van der Waals surface area contributed by atoms with E-state index >= 15 is 0 Å². The zero-order valence-electron chi connectivity index (χ0n) is 12.3. The maximum atomic E-state index is 12.3. The molecule has 0 aliphatic rings. The molecule has 3 N–H and O–H groups in total. The Labute approximate surface area is 121 Å². The molecule has 0 saturated carbocycles. The number of nitrogens with two attached hydrogens (primary N) is 1. The first-order chi connectivity index (χ1) is 9.44. The highest BCUT2D eigenvalue weighted by Gasteiger charge is 2.18. The number of nitrogens with one attached hydrogen (secondary N) is 1. The number of hydrogen-bond donors (Lipinski definition) is 2. The SMILES string of the molecule is CCCCC(C)NS(=O)(=O)c1ccc(OC)c(CN)c1. The number of rotatable bonds is 8. The molecule has 20 heavy (non-hydrogen) atoms. The summed E-state index contributed by atoms with van der Waals surface area (Å²) < 4.78 is 32.4. The molecular weight excluding hydrogens is 276 g/mol. The minimum Gasteiger partial charge on any atom is -0.496 e. The first-order valence-corrected chi connectivity index (χ1v) is 8.32. The number of hydrogen-bond acceptors (Lipinski definition) is 4. The van der Waals surface area contributed by atoms with Crippen molar-refractivity contribution in [1.82, 2.24) is 4.72 Å². The van der Waals surface area contributed by atoms with Gasteiger partial charge in [-0.15, -0.1) is 0 Å². The fraction of sp³-hybridized carbons (Fsp3) is 0.571. The molecule has 0 heterocycles. The molecule has 1 rings (SSSR count). The molecule has 0 fully saturated rings. The van der Waals surface area contributed by atoms with E-state index in [0.717, 1.165) is 19.3 Å². The fourth-order valence-electron chi connectivity index (χ4n) is 1.98. The fourth-order valence-corrected chi connectivity index (χ4v) is 3.31. The van der Waals surface area contributed by atoms with Crippen LogP contribution in [0.5, 0.6) is 5.75 Å². The third-order valence-corrected chi connectivity index (χ3v) is 4.72. The Morgan fingerprint density at radius 3 is 2.65 bits per heavy atom. The number of methoxy groups -OCH3 is 1. The Morgan fingerprint density at radius 2 is 2.10 bits per heavy atom. The van der Waals surface area contributed by atoms with Crippen LogP contribution < -0.4 is 15.2 Å². The van der Waals surface area contributed by atoms with Gasteiger partial charge in [0.05, 0.1) is 12.0 Å². The Bertz CT molecular complexity index is 529. The minimum absolute atomic E-state index is 0.0802. The van der Waals surface area contributed by atoms with Gasteiger partial charge in [-0.25, -0.2) is 13.1 Å². The molecule has 1 aromatic carbocycles. The Kier molecular flexibility index (Phi) is 6.45. The van der Waals surface area contributed by atoms with E-state index in [9.17, 15) is 8.42 Å². The van der Waals surface area contributed by atoms with Crippen molar-refractivity contribution in [1.29, 1.82) is 0 Å². The van der Waals surface area contributed by atoms with Crippen molar-refractivity contribution in [2.45, 2.75) is 50.6 Å². The largest absolute Gasteiger partial charge is 0.496 e. The molecule has 0 bridgehead atoms. The van der Waals surface area contributed by atoms with Crippen LogP contribution in [0.3, 0.4) is 0 Å². The Balaban J connectivity index is 2.92. The highest BCUT2D eigenvalue weighted by Crippen LogP contribution is 2.22. The summed E-state index contributed by atoms with van der Waals surface area (Å²) in [6.45, 7) is 4.19. The Hall–Kier alpha value is -1.11. The molecule has 0 spiro atoms. The summed E-state index contributed by atoms with van der Waals surface area (Å²) >= 11 is 0. The maximum Gasteiger partial charge on any atom is 0.240 e. The van der Waals surface area contributed by atoms with E-state index in [0.29, 0.717) is 11.3 Å². The van der Waals surface area contributed by atoms with E-state index in [4.69, 9.17) is 10.5 Å². The summed E-state index contributed by atoms with van der Waals surface area (Å²) in [4.78, 5) is 0.224. The van der Waals surface area contributed by atoms with Gasteiger partial charge in [-0.3, -0.25) is 0 Å². The second kappa shape index (κ2) is 7.61. The first kappa shape index (κ1) is 16.9. The molecule has 0 saturated heterocycles. The van der Waals surface area contributed by atoms with E-state index in [-0.39, 0.29) is 17.5 Å². The predicted molar refractivity (Wildman–Crippen MR) is 80.2 cm³/mol. The van der Waals surface area contributed by atoms with Crippen molar-refractivity contribution in [3.63, 3.8) is 0 Å². The van der Waals surface area contributed by atoms with Crippen LogP contribution in [-0.4, -0.2) is 21.6 Å². The monoisotopic (exact) mass is 300 g/mol. The van der Waals surface area contributed by atoms with Gasteiger partial charge in [0.25, 0.3) is 0 Å². The third-order valence-electron chi connectivity index (χ3n) is 3.13. The van der Waals surface area contributed by atoms with Crippen LogP contribution >= 0.6 is 0 Å². The molecule has 0 aromatic heterocycles. The van der Waals surface area contributed by atoms with Crippen LogP contribution in [0.2, 0.25) is 0 Å². The average Bonchev–Trinajstić information content (AvgIpc) is 2.43. The molecule has 1 aromatic rings. The molecule has 0 amide bonds. The predicted octanol–water partition coefficient (Wildman–Crippen LogP) is 2.01. The molecule has 5 nitrogen and oxygen atoms in total. The molecule has 6 heteroatoms. The van der Waals surface area contributed by atoms with Gasteiger partial charge >= 0.3 is 0 Å². The summed E-state index contributed by atoms with van der Waals surface area (Å²) in [5.41, 5.74) is 6.29. The van der Waals surface area contributed by atoms with Crippen LogP contribution in [0.4, 0.5) is 0 Å². The lowest BCUT2D eigenvalue weighted by Crippen LogP contribution is -2.32. The van der Waals surface area contributed by atoms with E-state index < -0.39 is 10.0 Å². The summed E-state index contributed by atoms with van der Waals surface area (Å²) in [7, 11) is -1.97. The van der Waals surface area contributed by atoms with E-state index in [1.807, 2.05) is 6.92 Å². The minimum atomic E-state index is -3.51. The maximum absolute atomic E-state index is 12.3. The summed E-state index contributed by atoms with van der Waals surface area (Å²) in [6.07, 6.45) is 2.88. The molecular formula is C14H24N2O3S. The zero-order valence-corrected chi connectivity index (χ0v) is 13.2. The molecule has 1 unspecified atom stereocenters. The second-order valence-corrected chi connectivity index (χ2v) is 6.56. The third kappa shape index (κ3) is 4.47. The quantitative estimate of drug-likeness (QED) is 0.769. The Morgan fingerprint density at radius 1 is 1.40 bits per heavy atom. The molecule has 0 aliphatic heterocycles. The van der Waals surface area contributed by atoms with Crippen LogP contribution in [0.1, 0.15) is 38.7 Å². The summed E-state index contributed by atoms with van der Waals surface area (Å²) in [6, 6.07) is 4.65. The van der Waals surface area contributed by atoms with Crippen LogP contribution in [0, 0.1) is 0 Å². The highest BCUT2D eigenvalue weighted by molar-refractivity contribution is 7.89. The van der Waals surface area contributed by atoms with Gasteiger partial charge in [0.1, 0.15) is 5.75 Å². The lowest BCUT2D eigenvalue weighted by atomic mass is 10.2. The average molecular weight is 300 g/mol. The van der Waals surface area contributed by atoms with Crippen molar-refractivity contribution in [2.24, 2.45) is 5.73 Å². The molecule has 114 valence electrons. The van der Waals surface area contributed by atoms with Gasteiger partial charge in [0.2, 0.25) is 10.0 Å². The normalized spacial score (nSPS) is 13.2. The molecule has 0 radical (unpaired) electrons.